The molecule has 0 spiro atoms. The summed E-state index contributed by atoms with van der Waals surface area (Å²) in [5, 5.41) is 19.9. The van der Waals surface area contributed by atoms with E-state index in [0.29, 0.717) is 13.1 Å². The highest BCUT2D eigenvalue weighted by molar-refractivity contribution is 7.87. The number of nitrogens with one attached hydrogen (secondary N) is 3. The molecule has 0 atom stereocenters. The molecule has 3 rings (SSSR count). The Balaban J connectivity index is 2.16. The van der Waals surface area contributed by atoms with Crippen LogP contribution < -0.4 is 25.6 Å². The monoisotopic (exact) mass is 553 g/mol. The third-order valence-electron chi connectivity index (χ3n) is 4.74. The summed E-state index contributed by atoms with van der Waals surface area (Å²) in [5.74, 6) is -1.59. The number of nitrogens with zero attached hydrogens (tertiary/aromatic N) is 4. The Kier molecular flexibility index (Phi) is 8.66. The normalized spacial score (nSPS) is 11.8. The molecule has 0 aliphatic heterocycles. The summed E-state index contributed by atoms with van der Waals surface area (Å²) in [6, 6.07) is 5.85. The first-order valence-corrected chi connectivity index (χ1v) is 13.2. The summed E-state index contributed by atoms with van der Waals surface area (Å²) >= 11 is 0. The molecule has 2 heterocycles. The van der Waals surface area contributed by atoms with E-state index in [2.05, 4.69) is 39.3 Å². The maximum absolute atomic E-state index is 12.5. The van der Waals surface area contributed by atoms with E-state index in [0.717, 1.165) is 32.4 Å². The lowest BCUT2D eigenvalue weighted by molar-refractivity contribution is -0.603. The Morgan fingerprint density at radius 3 is 2.35 bits per heavy atom. The molecule has 198 valence electrons. The zero-order valence-corrected chi connectivity index (χ0v) is 21.5. The van der Waals surface area contributed by atoms with Crippen LogP contribution in [0.3, 0.4) is 0 Å². The SMILES string of the molecule is CNCCNc1nc(Nc2cc(S(=O)(=O)OC)ccc2S(=O)(=O)OC)nc(-[n+]2cccc(C(=O)[O-])c2)n1. The van der Waals surface area contributed by atoms with Gasteiger partial charge < -0.3 is 25.9 Å². The van der Waals surface area contributed by atoms with E-state index >= 15 is 0 Å². The average molecular weight is 554 g/mol. The summed E-state index contributed by atoms with van der Waals surface area (Å²) in [5.41, 5.74) is -0.375. The van der Waals surface area contributed by atoms with Crippen molar-refractivity contribution in [2.75, 3.05) is 45.0 Å². The molecule has 3 N–H and O–H groups in total. The molecule has 0 unspecified atom stereocenters. The fourth-order valence-corrected chi connectivity index (χ4v) is 4.40. The van der Waals surface area contributed by atoms with Gasteiger partial charge in [0.2, 0.25) is 0 Å². The van der Waals surface area contributed by atoms with E-state index < -0.39 is 31.1 Å². The summed E-state index contributed by atoms with van der Waals surface area (Å²) in [7, 11) is -4.82. The van der Waals surface area contributed by atoms with Gasteiger partial charge in [0.1, 0.15) is 4.90 Å². The van der Waals surface area contributed by atoms with E-state index in [-0.39, 0.29) is 34.0 Å². The third-order valence-corrected chi connectivity index (χ3v) is 7.35. The van der Waals surface area contributed by atoms with E-state index in [1.807, 2.05) is 0 Å². The lowest BCUT2D eigenvalue weighted by atomic mass is 10.3. The highest BCUT2D eigenvalue weighted by Gasteiger charge is 2.25. The van der Waals surface area contributed by atoms with Crippen molar-refractivity contribution < 1.29 is 39.7 Å². The first-order valence-electron chi connectivity index (χ1n) is 10.4. The van der Waals surface area contributed by atoms with Gasteiger partial charge in [0.05, 0.1) is 43.2 Å². The first kappa shape index (κ1) is 27.8. The van der Waals surface area contributed by atoms with E-state index in [9.17, 15) is 26.7 Å². The molecule has 0 amide bonds. The van der Waals surface area contributed by atoms with E-state index in [1.165, 1.54) is 29.1 Å². The number of hydrogen-bond donors (Lipinski definition) is 3. The number of carbonyl (C=O) groups is 1. The van der Waals surface area contributed by atoms with Crippen molar-refractivity contribution in [2.45, 2.75) is 9.79 Å². The number of benzene rings is 1. The molecule has 1 aromatic carbocycles. The Labute approximate surface area is 212 Å². The fourth-order valence-electron chi connectivity index (χ4n) is 2.92. The van der Waals surface area contributed by atoms with Crippen LogP contribution in [0.5, 0.6) is 0 Å². The smallest absolute Gasteiger partial charge is 0.444 e. The number of rotatable bonds is 12. The fraction of sp³-hybridized carbons (Fsp3) is 0.250. The van der Waals surface area contributed by atoms with Gasteiger partial charge in [-0.25, -0.2) is 4.57 Å². The van der Waals surface area contributed by atoms with Gasteiger partial charge in [-0.15, -0.1) is 4.98 Å². The molecule has 17 heteroatoms. The largest absolute Gasteiger partial charge is 0.545 e. The number of pyridine rings is 1. The molecule has 0 saturated heterocycles. The van der Waals surface area contributed by atoms with Gasteiger partial charge in [0.25, 0.3) is 20.2 Å². The summed E-state index contributed by atoms with van der Waals surface area (Å²) in [6.45, 7) is 0.943. The Hall–Kier alpha value is -3.77. The maximum atomic E-state index is 12.5. The minimum atomic E-state index is -4.29. The summed E-state index contributed by atoms with van der Waals surface area (Å²) in [6.07, 6.45) is 2.70. The number of carboxylic acid groups (broad SMARTS) is 1. The van der Waals surface area contributed by atoms with Crippen molar-refractivity contribution in [1.29, 1.82) is 0 Å². The van der Waals surface area contributed by atoms with Crippen LogP contribution >= 0.6 is 0 Å². The number of carbonyl (C=O) groups excluding carboxylic acids is 1. The number of anilines is 3. The molecular formula is C20H23N7O8S2. The molecule has 0 aliphatic rings. The van der Waals surface area contributed by atoms with Crippen LogP contribution in [0.25, 0.3) is 5.95 Å². The lowest BCUT2D eigenvalue weighted by Crippen LogP contribution is -2.36. The second-order valence-corrected chi connectivity index (χ2v) is 10.5. The lowest BCUT2D eigenvalue weighted by Gasteiger charge is -2.12. The van der Waals surface area contributed by atoms with Gasteiger partial charge in [0, 0.05) is 18.7 Å². The van der Waals surface area contributed by atoms with Crippen LogP contribution in [-0.4, -0.2) is 72.1 Å². The maximum Gasteiger partial charge on any atom is 0.444 e. The van der Waals surface area contributed by atoms with Crippen molar-refractivity contribution in [2.24, 2.45) is 0 Å². The van der Waals surface area contributed by atoms with Gasteiger partial charge in [0.15, 0.2) is 0 Å². The second-order valence-electron chi connectivity index (χ2n) is 7.12. The molecule has 2 aromatic heterocycles. The number of hydrogen-bond acceptors (Lipinski definition) is 14. The zero-order valence-electron chi connectivity index (χ0n) is 19.8. The molecule has 0 radical (unpaired) electrons. The van der Waals surface area contributed by atoms with Crippen molar-refractivity contribution in [3.8, 4) is 5.95 Å². The Morgan fingerprint density at radius 2 is 1.70 bits per heavy atom. The second kappa shape index (κ2) is 11.5. The molecular weight excluding hydrogens is 530 g/mol. The van der Waals surface area contributed by atoms with E-state index in [4.69, 9.17) is 0 Å². The summed E-state index contributed by atoms with van der Waals surface area (Å²) < 4.78 is 59.8. The highest BCUT2D eigenvalue weighted by atomic mass is 32.2. The van der Waals surface area contributed by atoms with E-state index in [1.54, 1.807) is 7.05 Å². The number of aromatic carboxylic acids is 1. The Morgan fingerprint density at radius 1 is 1.00 bits per heavy atom. The van der Waals surface area contributed by atoms with Crippen LogP contribution in [0, 0.1) is 0 Å². The van der Waals surface area contributed by atoms with Gasteiger partial charge >= 0.3 is 17.8 Å². The van der Waals surface area contributed by atoms with Crippen LogP contribution in [0.1, 0.15) is 10.4 Å². The van der Waals surface area contributed by atoms with Crippen molar-refractivity contribution >= 4 is 43.8 Å². The molecule has 37 heavy (non-hydrogen) atoms. The third kappa shape index (κ3) is 6.71. The van der Waals surface area contributed by atoms with Crippen molar-refractivity contribution in [3.05, 3.63) is 48.3 Å². The van der Waals surface area contributed by atoms with Crippen LogP contribution in [0.15, 0.2) is 52.5 Å². The molecule has 3 aromatic rings. The number of likely N-dealkylation sites (N-methyl/N-ethyl adjacent to an activating group) is 1. The molecule has 0 aliphatic carbocycles. The van der Waals surface area contributed by atoms with Crippen LogP contribution in [0.2, 0.25) is 0 Å². The van der Waals surface area contributed by atoms with Gasteiger partial charge in [-0.3, -0.25) is 8.37 Å². The molecule has 15 nitrogen and oxygen atoms in total. The number of aromatic nitrogens is 4. The van der Waals surface area contributed by atoms with Crippen molar-refractivity contribution in [1.82, 2.24) is 20.3 Å². The predicted octanol–water partition coefficient (Wildman–Crippen LogP) is -1.44. The Bertz CT molecular complexity index is 1510. The van der Waals surface area contributed by atoms with Crippen LogP contribution in [0.4, 0.5) is 17.6 Å². The first-order chi connectivity index (χ1) is 17.5. The molecule has 0 saturated carbocycles. The van der Waals surface area contributed by atoms with Gasteiger partial charge in [-0.05, 0) is 47.3 Å². The van der Waals surface area contributed by atoms with Gasteiger partial charge in [-0.2, -0.15) is 16.8 Å². The standard InChI is InChI=1S/C20H23N7O8S2/c1-21-8-9-22-18-24-19(26-20(25-18)27-10-4-5-13(12-27)17(28)29)23-15-11-14(36(30,31)34-2)6-7-16(15)37(32,33)35-3/h4-7,10-12,21H,8-9H2,1-3H3,(H2-,22,23,24,25,26,28,29). The minimum absolute atomic E-state index is 0.0376. The van der Waals surface area contributed by atoms with Crippen LogP contribution in [-0.2, 0) is 28.6 Å². The predicted molar refractivity (Wildman–Crippen MR) is 126 cm³/mol. The van der Waals surface area contributed by atoms with Crippen molar-refractivity contribution in [3.63, 3.8) is 0 Å². The highest BCUT2D eigenvalue weighted by Crippen LogP contribution is 2.29. The minimum Gasteiger partial charge on any atom is -0.545 e. The topological polar surface area (TPSA) is 206 Å². The van der Waals surface area contributed by atoms with Gasteiger partial charge in [-0.1, -0.05) is 0 Å². The number of carboxylic acids is 1. The zero-order chi connectivity index (χ0) is 27.2. The quantitative estimate of drug-likeness (QED) is 0.133. The molecule has 0 fully saturated rings. The molecule has 0 bridgehead atoms. The summed E-state index contributed by atoms with van der Waals surface area (Å²) in [4.78, 5) is 23.3. The average Bonchev–Trinajstić information content (AvgIpc) is 2.88.